The van der Waals surface area contributed by atoms with E-state index < -0.39 is 127 Å². The van der Waals surface area contributed by atoms with Crippen LogP contribution in [0.4, 0.5) is 0 Å². The lowest BCUT2D eigenvalue weighted by Gasteiger charge is -2.40. The predicted molar refractivity (Wildman–Crippen MR) is 156 cm³/mol. The zero-order valence-electron chi connectivity index (χ0n) is 25.0. The Labute approximate surface area is 274 Å². The number of carbonyl (C=O) groups is 2. The Morgan fingerprint density at radius 2 is 1.43 bits per heavy atom. The second kappa shape index (κ2) is 14.1. The van der Waals surface area contributed by atoms with Gasteiger partial charge in [0.2, 0.25) is 12.0 Å². The van der Waals surface area contributed by atoms with Crippen molar-refractivity contribution in [1.82, 2.24) is 0 Å². The van der Waals surface area contributed by atoms with Crippen molar-refractivity contribution in [3.8, 4) is 40.1 Å². The summed E-state index contributed by atoms with van der Waals surface area (Å²) in [4.78, 5) is 22.5. The van der Waals surface area contributed by atoms with Gasteiger partial charge >= 0.3 is 23.3 Å². The molecule has 0 unspecified atom stereocenters. The number of carboxylic acids is 1. The fraction of sp³-hybridized carbons (Fsp3) is 0.433. The van der Waals surface area contributed by atoms with Crippen molar-refractivity contribution in [2.45, 2.75) is 67.6 Å². The molecule has 19 heteroatoms. The topological polar surface area (TPSA) is 325 Å². The lowest BCUT2D eigenvalue weighted by atomic mass is 9.89. The van der Waals surface area contributed by atoms with Gasteiger partial charge in [0.15, 0.2) is 11.5 Å². The number of hydrogen-bond donors (Lipinski definition) is 12. The summed E-state index contributed by atoms with van der Waals surface area (Å²) < 4.78 is 27.8. The number of esters is 1. The second-order valence-corrected chi connectivity index (χ2v) is 11.4. The maximum atomic E-state index is 11.7. The molecule has 49 heavy (non-hydrogen) atoms. The smallest absolute Gasteiger partial charge is 0.402 e. The quantitative estimate of drug-likeness (QED) is 0.0494. The van der Waals surface area contributed by atoms with E-state index in [2.05, 4.69) is 0 Å². The average Bonchev–Trinajstić information content (AvgIpc) is 3.05. The van der Waals surface area contributed by atoms with Crippen LogP contribution in [0.5, 0.6) is 28.7 Å². The lowest BCUT2D eigenvalue weighted by molar-refractivity contribution is -0.278. The number of fused-ring (bicyclic) bond motifs is 1. The van der Waals surface area contributed by atoms with Gasteiger partial charge < -0.3 is 80.2 Å². The summed E-state index contributed by atoms with van der Waals surface area (Å²) in [6.45, 7) is -1.59. The maximum Gasteiger partial charge on any atom is 0.402 e. The van der Waals surface area contributed by atoms with Crippen LogP contribution in [-0.4, -0.2) is 142 Å². The highest BCUT2D eigenvalue weighted by Crippen LogP contribution is 2.48. The second-order valence-electron chi connectivity index (χ2n) is 11.4. The molecular weight excluding hydrogens is 664 g/mol. The number of carbonyl (C=O) groups excluding carboxylic acids is 1. The van der Waals surface area contributed by atoms with Crippen molar-refractivity contribution in [3.63, 3.8) is 0 Å². The SMILES string of the molecule is O=C(O)CC(=O)OC[C@H]1O[C@@H](Oc2cc3c(O)cc(O)c([C@@H]4O[C@H](CO)[C@@H](O)[C@H](O)[C@H]4O)c3[o+]c2-c2ccc(O)c(O)c2)[C@H](O)[C@@H](O)[C@@H]1O. The van der Waals surface area contributed by atoms with Crippen LogP contribution >= 0.6 is 0 Å². The minimum atomic E-state index is -1.99. The van der Waals surface area contributed by atoms with Crippen LogP contribution in [0.3, 0.4) is 0 Å². The van der Waals surface area contributed by atoms with E-state index in [1.54, 1.807) is 0 Å². The molecule has 5 rings (SSSR count). The number of carboxylic acid groups (broad SMARTS) is 1. The summed E-state index contributed by atoms with van der Waals surface area (Å²) in [5.74, 6) is -6.06. The molecule has 3 aromatic rings. The van der Waals surface area contributed by atoms with Gasteiger partial charge in [-0.15, -0.1) is 0 Å². The number of aromatic hydroxyl groups is 4. The van der Waals surface area contributed by atoms with Crippen molar-refractivity contribution in [2.24, 2.45) is 0 Å². The Morgan fingerprint density at radius 1 is 0.755 bits per heavy atom. The van der Waals surface area contributed by atoms with E-state index in [1.807, 2.05) is 0 Å². The van der Waals surface area contributed by atoms with Crippen LogP contribution in [0.1, 0.15) is 18.1 Å². The third kappa shape index (κ3) is 6.97. The monoisotopic (exact) mass is 697 g/mol. The van der Waals surface area contributed by atoms with Gasteiger partial charge in [0.05, 0.1) is 12.2 Å². The molecule has 2 aromatic carbocycles. The van der Waals surface area contributed by atoms with Crippen LogP contribution < -0.4 is 4.74 Å². The number of phenolic OH excluding ortho intramolecular Hbond substituents is 4. The molecule has 2 aliphatic rings. The van der Waals surface area contributed by atoms with Gasteiger partial charge in [0.25, 0.3) is 0 Å². The Bertz CT molecular complexity index is 1710. The highest BCUT2D eigenvalue weighted by molar-refractivity contribution is 5.92. The summed E-state index contributed by atoms with van der Waals surface area (Å²) in [6, 6.07) is 5.18. The van der Waals surface area contributed by atoms with Crippen LogP contribution in [-0.2, 0) is 23.8 Å². The van der Waals surface area contributed by atoms with E-state index in [0.717, 1.165) is 24.3 Å². The van der Waals surface area contributed by atoms with Gasteiger partial charge in [0, 0.05) is 18.2 Å². The Morgan fingerprint density at radius 3 is 2.08 bits per heavy atom. The summed E-state index contributed by atoms with van der Waals surface area (Å²) in [7, 11) is 0. The van der Waals surface area contributed by atoms with Crippen molar-refractivity contribution in [1.29, 1.82) is 0 Å². The molecule has 0 bridgehead atoms. The molecule has 10 atom stereocenters. The van der Waals surface area contributed by atoms with Gasteiger partial charge in [-0.2, -0.15) is 0 Å². The van der Waals surface area contributed by atoms with Crippen LogP contribution in [0.25, 0.3) is 22.3 Å². The minimum Gasteiger partial charge on any atom is -0.507 e. The van der Waals surface area contributed by atoms with E-state index in [9.17, 15) is 65.8 Å². The molecule has 2 aliphatic heterocycles. The average molecular weight is 698 g/mol. The van der Waals surface area contributed by atoms with Gasteiger partial charge in [0.1, 0.15) is 90.4 Å². The van der Waals surface area contributed by atoms with E-state index in [0.29, 0.717) is 0 Å². The lowest BCUT2D eigenvalue weighted by Crippen LogP contribution is -2.60. The van der Waals surface area contributed by atoms with E-state index in [4.69, 9.17) is 28.5 Å². The Hall–Kier alpha value is -4.57. The highest BCUT2D eigenvalue weighted by atomic mass is 16.7. The number of ether oxygens (including phenoxy) is 4. The molecule has 0 amide bonds. The molecule has 12 N–H and O–H groups in total. The molecular formula is C30H33O19+. The Kier molecular flexibility index (Phi) is 10.3. The zero-order valence-corrected chi connectivity index (χ0v) is 25.0. The maximum absolute atomic E-state index is 11.7. The first kappa shape index (κ1) is 35.7. The van der Waals surface area contributed by atoms with Gasteiger partial charge in [-0.05, 0) is 12.1 Å². The molecule has 19 nitrogen and oxygen atoms in total. The molecule has 0 spiro atoms. The largest absolute Gasteiger partial charge is 0.507 e. The first-order valence-electron chi connectivity index (χ1n) is 14.5. The molecule has 266 valence electrons. The fourth-order valence-corrected chi connectivity index (χ4v) is 5.46. The summed E-state index contributed by atoms with van der Waals surface area (Å²) in [5, 5.41) is 123. The van der Waals surface area contributed by atoms with Crippen molar-refractivity contribution < 1.29 is 94.2 Å². The van der Waals surface area contributed by atoms with Crippen LogP contribution in [0, 0.1) is 0 Å². The number of aliphatic carboxylic acids is 1. The van der Waals surface area contributed by atoms with Gasteiger partial charge in [-0.1, -0.05) is 0 Å². The van der Waals surface area contributed by atoms with Gasteiger partial charge in [-0.25, -0.2) is 4.42 Å². The molecule has 0 radical (unpaired) electrons. The van der Waals surface area contributed by atoms with Crippen LogP contribution in [0.2, 0.25) is 0 Å². The third-order valence-electron chi connectivity index (χ3n) is 8.05. The Balaban J connectivity index is 1.61. The molecule has 1 aromatic heterocycles. The summed E-state index contributed by atoms with van der Waals surface area (Å²) in [5.41, 5.74) is -0.850. The van der Waals surface area contributed by atoms with Crippen molar-refractivity contribution in [2.75, 3.05) is 13.2 Å². The van der Waals surface area contributed by atoms with Crippen LogP contribution in [0.15, 0.2) is 34.7 Å². The summed E-state index contributed by atoms with van der Waals surface area (Å²) in [6.07, 6.45) is -18.9. The first-order valence-corrected chi connectivity index (χ1v) is 14.5. The minimum absolute atomic E-state index is 0.0557. The van der Waals surface area contributed by atoms with E-state index in [-0.39, 0.29) is 22.3 Å². The highest BCUT2D eigenvalue weighted by Gasteiger charge is 2.49. The third-order valence-corrected chi connectivity index (χ3v) is 8.05. The number of rotatable bonds is 9. The standard InChI is InChI=1S/C30H32O19/c31-7-16-21(39)23(41)25(43)29(46-16)20-14(35)5-12(33)10-4-15(27(49-28(10)20)9-1-2-11(32)13(34)3-9)47-30-26(44)24(42)22(40)17(48-30)8-45-19(38)6-18(36)37/h1-5,16-17,21-26,29-31,39-44H,6-8H2,(H4-,32,33,34,35,36,37)/p+1/t16-,17-,21-,22-,23+,24+,25-,26-,29+,30-/m1/s1. The van der Waals surface area contributed by atoms with Crippen molar-refractivity contribution >= 4 is 22.9 Å². The number of benzene rings is 2. The van der Waals surface area contributed by atoms with E-state index >= 15 is 0 Å². The van der Waals surface area contributed by atoms with Gasteiger partial charge in [-0.3, -0.25) is 9.59 Å². The zero-order chi connectivity index (χ0) is 35.9. The first-order chi connectivity index (χ1) is 23.1. The molecule has 3 heterocycles. The number of hydrogen-bond acceptors (Lipinski definition) is 17. The fourth-order valence-electron chi connectivity index (χ4n) is 5.46. The molecule has 2 saturated heterocycles. The molecule has 0 saturated carbocycles. The number of aliphatic hydroxyl groups excluding tert-OH is 7. The van der Waals surface area contributed by atoms with Crippen molar-refractivity contribution in [3.05, 3.63) is 35.9 Å². The normalized spacial score (nSPS) is 30.2. The summed E-state index contributed by atoms with van der Waals surface area (Å²) >= 11 is 0. The number of aliphatic hydroxyl groups is 7. The molecule has 0 aliphatic carbocycles. The molecule has 2 fully saturated rings. The number of phenols is 4. The predicted octanol–water partition coefficient (Wildman–Crippen LogP) is -2.08. The van der Waals surface area contributed by atoms with E-state index in [1.165, 1.54) is 6.07 Å².